The molecule has 0 spiro atoms. The van der Waals surface area contributed by atoms with Gasteiger partial charge in [-0.25, -0.2) is 4.98 Å². The van der Waals surface area contributed by atoms with Crippen molar-refractivity contribution in [1.82, 2.24) is 4.98 Å². The maximum absolute atomic E-state index is 11.0. The zero-order valence-corrected chi connectivity index (χ0v) is 9.77. The van der Waals surface area contributed by atoms with Crippen LogP contribution in [-0.2, 0) is 4.79 Å². The van der Waals surface area contributed by atoms with Crippen molar-refractivity contribution in [3.8, 4) is 0 Å². The van der Waals surface area contributed by atoms with Crippen molar-refractivity contribution in [1.29, 1.82) is 0 Å². The SMILES string of the molecule is CC(=O)C(C)=NNc1ccc2ccccc2n1. The van der Waals surface area contributed by atoms with E-state index in [-0.39, 0.29) is 5.78 Å². The third kappa shape index (κ3) is 2.66. The molecule has 0 aliphatic rings. The number of rotatable bonds is 3. The molecule has 4 heteroatoms. The molecule has 0 aliphatic heterocycles. The van der Waals surface area contributed by atoms with Crippen molar-refractivity contribution in [2.24, 2.45) is 5.10 Å². The molecule has 0 amide bonds. The Kier molecular flexibility index (Phi) is 3.14. The van der Waals surface area contributed by atoms with Crippen LogP contribution in [0.3, 0.4) is 0 Å². The van der Waals surface area contributed by atoms with Gasteiger partial charge in [0.1, 0.15) is 11.5 Å². The number of carbonyl (C=O) groups is 1. The molecule has 4 nitrogen and oxygen atoms in total. The van der Waals surface area contributed by atoms with Crippen LogP contribution in [0.15, 0.2) is 41.5 Å². The second-order valence-electron chi connectivity index (χ2n) is 3.75. The number of aromatic nitrogens is 1. The lowest BCUT2D eigenvalue weighted by atomic mass is 10.2. The molecule has 0 bridgehead atoms. The Bertz CT molecular complexity index is 590. The largest absolute Gasteiger partial charge is 0.293 e. The molecule has 0 radical (unpaired) electrons. The van der Waals surface area contributed by atoms with E-state index in [0.717, 1.165) is 10.9 Å². The third-order valence-corrected chi connectivity index (χ3v) is 2.45. The summed E-state index contributed by atoms with van der Waals surface area (Å²) in [6, 6.07) is 11.6. The van der Waals surface area contributed by atoms with E-state index in [1.54, 1.807) is 6.92 Å². The fourth-order valence-electron chi connectivity index (χ4n) is 1.35. The van der Waals surface area contributed by atoms with Crippen LogP contribution < -0.4 is 5.43 Å². The minimum absolute atomic E-state index is 0.0571. The average molecular weight is 227 g/mol. The Balaban J connectivity index is 2.25. The lowest BCUT2D eigenvalue weighted by Gasteiger charge is -2.02. The number of hydrogen-bond acceptors (Lipinski definition) is 4. The Morgan fingerprint density at radius 2 is 1.94 bits per heavy atom. The van der Waals surface area contributed by atoms with Gasteiger partial charge in [0.05, 0.1) is 5.52 Å². The van der Waals surface area contributed by atoms with Gasteiger partial charge in [-0.1, -0.05) is 18.2 Å². The Labute approximate surface area is 99.4 Å². The molecule has 2 rings (SSSR count). The van der Waals surface area contributed by atoms with E-state index >= 15 is 0 Å². The lowest BCUT2D eigenvalue weighted by molar-refractivity contribution is -0.111. The first-order valence-corrected chi connectivity index (χ1v) is 5.34. The second-order valence-corrected chi connectivity index (χ2v) is 3.75. The minimum atomic E-state index is -0.0571. The van der Waals surface area contributed by atoms with Crippen LogP contribution in [0, 0.1) is 0 Å². The van der Waals surface area contributed by atoms with Gasteiger partial charge >= 0.3 is 0 Å². The first kappa shape index (κ1) is 11.3. The zero-order valence-electron chi connectivity index (χ0n) is 9.77. The van der Waals surface area contributed by atoms with Crippen LogP contribution in [0.2, 0.25) is 0 Å². The van der Waals surface area contributed by atoms with Gasteiger partial charge in [0.25, 0.3) is 0 Å². The number of nitrogens with one attached hydrogen (secondary N) is 1. The van der Waals surface area contributed by atoms with Gasteiger partial charge in [-0.3, -0.25) is 10.2 Å². The maximum Gasteiger partial charge on any atom is 0.175 e. The second kappa shape index (κ2) is 4.74. The zero-order chi connectivity index (χ0) is 12.3. The van der Waals surface area contributed by atoms with Gasteiger partial charge in [-0.2, -0.15) is 5.10 Å². The molecule has 0 atom stereocenters. The topological polar surface area (TPSA) is 54.4 Å². The number of para-hydroxylation sites is 1. The summed E-state index contributed by atoms with van der Waals surface area (Å²) >= 11 is 0. The number of pyridine rings is 1. The summed E-state index contributed by atoms with van der Waals surface area (Å²) in [6.07, 6.45) is 0. The molecule has 1 N–H and O–H groups in total. The predicted octanol–water partition coefficient (Wildman–Crippen LogP) is 2.61. The summed E-state index contributed by atoms with van der Waals surface area (Å²) in [7, 11) is 0. The van der Waals surface area contributed by atoms with E-state index in [1.807, 2.05) is 36.4 Å². The highest BCUT2D eigenvalue weighted by Crippen LogP contribution is 2.14. The maximum atomic E-state index is 11.0. The number of benzene rings is 1. The van der Waals surface area contributed by atoms with Crippen molar-refractivity contribution < 1.29 is 4.79 Å². The van der Waals surface area contributed by atoms with Crippen LogP contribution in [-0.4, -0.2) is 16.5 Å². The number of fused-ring (bicyclic) bond motifs is 1. The van der Waals surface area contributed by atoms with Crippen LogP contribution in [0.1, 0.15) is 13.8 Å². The third-order valence-electron chi connectivity index (χ3n) is 2.45. The lowest BCUT2D eigenvalue weighted by Crippen LogP contribution is -2.07. The van der Waals surface area contributed by atoms with Gasteiger partial charge in [-0.15, -0.1) is 0 Å². The van der Waals surface area contributed by atoms with Gasteiger partial charge in [-0.05, 0) is 25.1 Å². The molecule has 0 saturated carbocycles. The number of ketones is 1. The van der Waals surface area contributed by atoms with E-state index in [9.17, 15) is 4.79 Å². The molecule has 17 heavy (non-hydrogen) atoms. The van der Waals surface area contributed by atoms with Crippen molar-refractivity contribution in [3.63, 3.8) is 0 Å². The Morgan fingerprint density at radius 1 is 1.18 bits per heavy atom. The molecule has 0 aliphatic carbocycles. The molecule has 1 aromatic carbocycles. The summed E-state index contributed by atoms with van der Waals surface area (Å²) in [6.45, 7) is 3.14. The van der Waals surface area contributed by atoms with Crippen molar-refractivity contribution in [3.05, 3.63) is 36.4 Å². The molecule has 0 saturated heterocycles. The number of anilines is 1. The summed E-state index contributed by atoms with van der Waals surface area (Å²) in [5.41, 5.74) is 4.10. The molecule has 0 unspecified atom stereocenters. The summed E-state index contributed by atoms with van der Waals surface area (Å²) in [4.78, 5) is 15.4. The van der Waals surface area contributed by atoms with E-state index in [0.29, 0.717) is 11.5 Å². The van der Waals surface area contributed by atoms with Gasteiger partial charge in [0.2, 0.25) is 0 Å². The van der Waals surface area contributed by atoms with E-state index in [2.05, 4.69) is 15.5 Å². The fourth-order valence-corrected chi connectivity index (χ4v) is 1.35. The number of carbonyl (C=O) groups excluding carboxylic acids is 1. The number of hydrazone groups is 1. The average Bonchev–Trinajstić information content (AvgIpc) is 2.35. The Hall–Kier alpha value is -2.23. The standard InChI is InChI=1S/C13H13N3O/c1-9(10(2)17)15-16-13-8-7-11-5-3-4-6-12(11)14-13/h3-8H,1-2H3,(H,14,16). The number of hydrogen-bond donors (Lipinski definition) is 1. The van der Waals surface area contributed by atoms with Gasteiger partial charge in [0, 0.05) is 12.3 Å². The van der Waals surface area contributed by atoms with Crippen molar-refractivity contribution in [2.75, 3.05) is 5.43 Å². The van der Waals surface area contributed by atoms with Crippen LogP contribution in [0.5, 0.6) is 0 Å². The molecule has 2 aromatic rings. The van der Waals surface area contributed by atoms with Gasteiger partial charge < -0.3 is 0 Å². The molecule has 1 heterocycles. The first-order valence-electron chi connectivity index (χ1n) is 5.34. The molecule has 1 aromatic heterocycles. The van der Waals surface area contributed by atoms with E-state index < -0.39 is 0 Å². The predicted molar refractivity (Wildman–Crippen MR) is 69.2 cm³/mol. The quantitative estimate of drug-likeness (QED) is 0.647. The van der Waals surface area contributed by atoms with Gasteiger partial charge in [0.15, 0.2) is 5.78 Å². The number of nitrogens with zero attached hydrogens (tertiary/aromatic N) is 2. The van der Waals surface area contributed by atoms with Crippen LogP contribution >= 0.6 is 0 Å². The highest BCUT2D eigenvalue weighted by Gasteiger charge is 1.99. The molecule has 0 fully saturated rings. The minimum Gasteiger partial charge on any atom is -0.293 e. The van der Waals surface area contributed by atoms with Crippen molar-refractivity contribution >= 4 is 28.2 Å². The van der Waals surface area contributed by atoms with Crippen LogP contribution in [0.25, 0.3) is 10.9 Å². The molecular weight excluding hydrogens is 214 g/mol. The fraction of sp³-hybridized carbons (Fsp3) is 0.154. The highest BCUT2D eigenvalue weighted by atomic mass is 16.1. The first-order chi connectivity index (χ1) is 8.16. The van der Waals surface area contributed by atoms with E-state index in [4.69, 9.17) is 0 Å². The molecule has 86 valence electrons. The van der Waals surface area contributed by atoms with E-state index in [1.165, 1.54) is 6.92 Å². The summed E-state index contributed by atoms with van der Waals surface area (Å²) in [5, 5.41) is 5.03. The normalized spacial score (nSPS) is 11.5. The summed E-state index contributed by atoms with van der Waals surface area (Å²) < 4.78 is 0. The van der Waals surface area contributed by atoms with Crippen molar-refractivity contribution in [2.45, 2.75) is 13.8 Å². The summed E-state index contributed by atoms with van der Waals surface area (Å²) in [5.74, 6) is 0.572. The Morgan fingerprint density at radius 3 is 2.71 bits per heavy atom. The van der Waals surface area contributed by atoms with Crippen LogP contribution in [0.4, 0.5) is 5.82 Å². The molecular formula is C13H13N3O. The highest BCUT2D eigenvalue weighted by molar-refractivity contribution is 6.38. The number of Topliss-reactive ketones (excluding diaryl/α,β-unsaturated/α-hetero) is 1. The monoisotopic (exact) mass is 227 g/mol. The smallest absolute Gasteiger partial charge is 0.175 e.